The molecule has 2 aromatic heterocycles. The standard InChI is InChI=1S/C27H32F3N5O/c1-17(2)35-16-20(13-33-35)22-9-7-18(3)12-23(22)26(36)34-11-5-6-19(4)24(34)15-32-25-10-8-21(14-31-25)27(28,29)30/h7-10,12-14,16-17,19,24H,5-6,11,15H2,1-4H3,(H,31,32). The van der Waals surface area contributed by atoms with Crippen molar-refractivity contribution in [1.82, 2.24) is 19.7 Å². The number of aromatic nitrogens is 3. The van der Waals surface area contributed by atoms with Gasteiger partial charge in [-0.05, 0) is 63.3 Å². The predicted octanol–water partition coefficient (Wildman–Crippen LogP) is 6.21. The summed E-state index contributed by atoms with van der Waals surface area (Å²) in [6.45, 7) is 9.20. The van der Waals surface area contributed by atoms with Crippen LogP contribution in [-0.4, -0.2) is 44.7 Å². The highest BCUT2D eigenvalue weighted by Gasteiger charge is 2.34. The summed E-state index contributed by atoms with van der Waals surface area (Å²) in [6.07, 6.45) is 2.01. The van der Waals surface area contributed by atoms with Gasteiger partial charge in [0.1, 0.15) is 5.82 Å². The molecule has 2 atom stereocenters. The molecular weight excluding hydrogens is 467 g/mol. The molecule has 6 nitrogen and oxygen atoms in total. The van der Waals surface area contributed by atoms with E-state index in [1.807, 2.05) is 40.9 Å². The SMILES string of the molecule is Cc1ccc(-c2cnn(C(C)C)c2)c(C(=O)N2CCCC(C)C2CNc2ccc(C(F)(F)F)cn2)c1. The zero-order valence-corrected chi connectivity index (χ0v) is 21.0. The van der Waals surface area contributed by atoms with Gasteiger partial charge in [0.2, 0.25) is 0 Å². The number of carbonyl (C=O) groups excluding carboxylic acids is 1. The fourth-order valence-corrected chi connectivity index (χ4v) is 4.69. The maximum absolute atomic E-state index is 13.9. The maximum Gasteiger partial charge on any atom is 0.417 e. The molecule has 3 heterocycles. The average Bonchev–Trinajstić information content (AvgIpc) is 3.33. The summed E-state index contributed by atoms with van der Waals surface area (Å²) < 4.78 is 40.5. The number of rotatable bonds is 6. The molecule has 0 spiro atoms. The van der Waals surface area contributed by atoms with Crippen LogP contribution in [0.4, 0.5) is 19.0 Å². The Kier molecular flexibility index (Phi) is 7.38. The van der Waals surface area contributed by atoms with Crippen LogP contribution in [0.25, 0.3) is 11.1 Å². The molecule has 0 saturated carbocycles. The largest absolute Gasteiger partial charge is 0.417 e. The minimum atomic E-state index is -4.43. The lowest BCUT2D eigenvalue weighted by molar-refractivity contribution is -0.137. The summed E-state index contributed by atoms with van der Waals surface area (Å²) in [6, 6.07) is 8.31. The van der Waals surface area contributed by atoms with E-state index in [4.69, 9.17) is 0 Å². The second kappa shape index (κ2) is 10.3. The minimum absolute atomic E-state index is 0.0512. The van der Waals surface area contributed by atoms with Crippen molar-refractivity contribution in [1.29, 1.82) is 0 Å². The van der Waals surface area contributed by atoms with Crippen molar-refractivity contribution in [3.8, 4) is 11.1 Å². The number of piperidine rings is 1. The lowest BCUT2D eigenvalue weighted by Gasteiger charge is -2.40. The van der Waals surface area contributed by atoms with Crippen molar-refractivity contribution < 1.29 is 18.0 Å². The summed E-state index contributed by atoms with van der Waals surface area (Å²) >= 11 is 0. The highest BCUT2D eigenvalue weighted by molar-refractivity contribution is 6.01. The number of likely N-dealkylation sites (tertiary alicyclic amines) is 1. The summed E-state index contributed by atoms with van der Waals surface area (Å²) in [7, 11) is 0. The molecule has 9 heteroatoms. The van der Waals surface area contributed by atoms with Crippen LogP contribution in [-0.2, 0) is 6.18 Å². The Hall–Kier alpha value is -3.36. The third kappa shape index (κ3) is 5.55. The number of hydrogen-bond acceptors (Lipinski definition) is 4. The Bertz CT molecular complexity index is 1200. The van der Waals surface area contributed by atoms with Crippen LogP contribution in [0.3, 0.4) is 0 Å². The van der Waals surface area contributed by atoms with Crippen LogP contribution < -0.4 is 5.32 Å². The first-order chi connectivity index (χ1) is 17.0. The van der Waals surface area contributed by atoms with Gasteiger partial charge in [0, 0.05) is 42.7 Å². The first-order valence-electron chi connectivity index (χ1n) is 12.3. The summed E-state index contributed by atoms with van der Waals surface area (Å²) in [5.74, 6) is 0.525. The van der Waals surface area contributed by atoms with E-state index in [2.05, 4.69) is 36.2 Å². The Labute approximate surface area is 209 Å². The summed E-state index contributed by atoms with van der Waals surface area (Å²) in [4.78, 5) is 19.8. The quantitative estimate of drug-likeness (QED) is 0.438. The van der Waals surface area contributed by atoms with Crippen molar-refractivity contribution in [2.45, 2.75) is 58.8 Å². The van der Waals surface area contributed by atoms with Gasteiger partial charge in [-0.3, -0.25) is 9.48 Å². The van der Waals surface area contributed by atoms with Crippen molar-refractivity contribution in [2.24, 2.45) is 5.92 Å². The van der Waals surface area contributed by atoms with E-state index in [1.54, 1.807) is 6.20 Å². The molecule has 1 aromatic carbocycles. The van der Waals surface area contributed by atoms with E-state index in [1.165, 1.54) is 6.07 Å². The van der Waals surface area contributed by atoms with Crippen LogP contribution in [0.2, 0.25) is 0 Å². The predicted molar refractivity (Wildman–Crippen MR) is 134 cm³/mol. The molecule has 0 aliphatic carbocycles. The molecule has 192 valence electrons. The number of anilines is 1. The van der Waals surface area contributed by atoms with Crippen molar-refractivity contribution in [3.63, 3.8) is 0 Å². The molecule has 0 bridgehead atoms. The lowest BCUT2D eigenvalue weighted by Crippen LogP contribution is -2.51. The topological polar surface area (TPSA) is 63.1 Å². The fourth-order valence-electron chi connectivity index (χ4n) is 4.69. The van der Waals surface area contributed by atoms with Crippen LogP contribution >= 0.6 is 0 Å². The molecule has 2 unspecified atom stereocenters. The van der Waals surface area contributed by atoms with Gasteiger partial charge in [-0.1, -0.05) is 24.6 Å². The number of carbonyl (C=O) groups is 1. The minimum Gasteiger partial charge on any atom is -0.368 e. The molecule has 1 aliphatic heterocycles. The Morgan fingerprint density at radius 3 is 2.61 bits per heavy atom. The van der Waals surface area contributed by atoms with Crippen LogP contribution in [0.5, 0.6) is 0 Å². The maximum atomic E-state index is 13.9. The van der Waals surface area contributed by atoms with Gasteiger partial charge in [-0.25, -0.2) is 4.98 Å². The van der Waals surface area contributed by atoms with Crippen molar-refractivity contribution in [3.05, 3.63) is 65.6 Å². The number of halogens is 3. The van der Waals surface area contributed by atoms with E-state index < -0.39 is 11.7 Å². The number of hydrogen-bond donors (Lipinski definition) is 1. The zero-order chi connectivity index (χ0) is 26.0. The van der Waals surface area contributed by atoms with E-state index in [0.717, 1.165) is 41.8 Å². The summed E-state index contributed by atoms with van der Waals surface area (Å²) in [5, 5.41) is 7.59. The van der Waals surface area contributed by atoms with Gasteiger partial charge in [0.25, 0.3) is 5.91 Å². The third-order valence-corrected chi connectivity index (χ3v) is 6.81. The van der Waals surface area contributed by atoms with Gasteiger partial charge in [0.15, 0.2) is 0 Å². The number of amides is 1. The van der Waals surface area contributed by atoms with Gasteiger partial charge in [0.05, 0.1) is 17.8 Å². The molecule has 3 aromatic rings. The molecule has 1 N–H and O–H groups in total. The molecule has 1 saturated heterocycles. The molecule has 4 rings (SSSR count). The molecule has 1 amide bonds. The Balaban J connectivity index is 1.58. The first-order valence-corrected chi connectivity index (χ1v) is 12.3. The van der Waals surface area contributed by atoms with Gasteiger partial charge in [-0.2, -0.15) is 18.3 Å². The molecule has 1 aliphatic rings. The molecular formula is C27H32F3N5O. The number of pyridine rings is 1. The third-order valence-electron chi connectivity index (χ3n) is 6.81. The smallest absolute Gasteiger partial charge is 0.368 e. The monoisotopic (exact) mass is 499 g/mol. The highest BCUT2D eigenvalue weighted by atomic mass is 19.4. The van der Waals surface area contributed by atoms with Gasteiger partial charge < -0.3 is 10.2 Å². The van der Waals surface area contributed by atoms with E-state index in [9.17, 15) is 18.0 Å². The van der Waals surface area contributed by atoms with Crippen LogP contribution in [0, 0.1) is 12.8 Å². The first kappa shape index (κ1) is 25.7. The Morgan fingerprint density at radius 2 is 1.97 bits per heavy atom. The normalized spacial score (nSPS) is 18.5. The van der Waals surface area contributed by atoms with E-state index in [0.29, 0.717) is 24.5 Å². The summed E-state index contributed by atoms with van der Waals surface area (Å²) in [5.41, 5.74) is 2.56. The number of aryl methyl sites for hydroxylation is 1. The average molecular weight is 500 g/mol. The van der Waals surface area contributed by atoms with E-state index >= 15 is 0 Å². The van der Waals surface area contributed by atoms with Crippen molar-refractivity contribution >= 4 is 11.7 Å². The van der Waals surface area contributed by atoms with E-state index in [-0.39, 0.29) is 23.9 Å². The van der Waals surface area contributed by atoms with Crippen LogP contribution in [0.15, 0.2) is 48.9 Å². The second-order valence-corrected chi connectivity index (χ2v) is 9.85. The molecule has 1 fully saturated rings. The Morgan fingerprint density at radius 1 is 1.19 bits per heavy atom. The number of benzene rings is 1. The highest BCUT2D eigenvalue weighted by Crippen LogP contribution is 2.31. The van der Waals surface area contributed by atoms with Crippen molar-refractivity contribution in [2.75, 3.05) is 18.4 Å². The zero-order valence-electron chi connectivity index (χ0n) is 21.0. The molecule has 36 heavy (non-hydrogen) atoms. The van der Waals surface area contributed by atoms with Crippen LogP contribution in [0.1, 0.15) is 61.1 Å². The fraction of sp³-hybridized carbons (Fsp3) is 0.444. The second-order valence-electron chi connectivity index (χ2n) is 9.85. The number of nitrogens with one attached hydrogen (secondary N) is 1. The number of nitrogens with zero attached hydrogens (tertiary/aromatic N) is 4. The number of alkyl halides is 3. The lowest BCUT2D eigenvalue weighted by atomic mass is 9.89. The molecule has 0 radical (unpaired) electrons. The van der Waals surface area contributed by atoms with Gasteiger partial charge in [-0.15, -0.1) is 0 Å². The van der Waals surface area contributed by atoms with Gasteiger partial charge >= 0.3 is 6.18 Å².